The molecular formula is C14H25F3N2O2. The highest BCUT2D eigenvalue weighted by Crippen LogP contribution is 2.24. The monoisotopic (exact) mass is 310 g/mol. The van der Waals surface area contributed by atoms with Crippen LogP contribution in [-0.2, 0) is 4.74 Å². The Morgan fingerprint density at radius 2 is 1.71 bits per heavy atom. The first kappa shape index (κ1) is 18.1. The molecule has 4 nitrogen and oxygen atoms in total. The summed E-state index contributed by atoms with van der Waals surface area (Å²) in [6, 6.07) is 0.0544. The highest BCUT2D eigenvalue weighted by Gasteiger charge is 2.28. The fourth-order valence-electron chi connectivity index (χ4n) is 2.40. The molecule has 1 rings (SSSR count). The van der Waals surface area contributed by atoms with Crippen molar-refractivity contribution in [1.29, 1.82) is 0 Å². The first-order chi connectivity index (χ1) is 9.55. The zero-order chi connectivity index (χ0) is 16.1. The zero-order valence-electron chi connectivity index (χ0n) is 12.8. The molecule has 0 saturated heterocycles. The van der Waals surface area contributed by atoms with Gasteiger partial charge in [-0.3, -0.25) is 0 Å². The predicted octanol–water partition coefficient (Wildman–Crippen LogP) is 3.22. The van der Waals surface area contributed by atoms with Gasteiger partial charge >= 0.3 is 12.3 Å². The molecule has 2 N–H and O–H groups in total. The molecule has 7 heteroatoms. The molecule has 1 amide bonds. The van der Waals surface area contributed by atoms with E-state index in [1.54, 1.807) is 20.8 Å². The highest BCUT2D eigenvalue weighted by atomic mass is 19.4. The molecule has 0 bridgehead atoms. The predicted molar refractivity (Wildman–Crippen MR) is 74.0 cm³/mol. The van der Waals surface area contributed by atoms with Gasteiger partial charge < -0.3 is 15.4 Å². The highest BCUT2D eigenvalue weighted by molar-refractivity contribution is 5.68. The Labute approximate surface area is 123 Å². The SMILES string of the molecule is CC(C)(C)OC(=O)N[C@H]1CC[C@H](CNCC(F)(F)F)CC1. The lowest BCUT2D eigenvalue weighted by Gasteiger charge is -2.30. The summed E-state index contributed by atoms with van der Waals surface area (Å²) in [5.41, 5.74) is -0.525. The van der Waals surface area contributed by atoms with Crippen molar-refractivity contribution in [3.05, 3.63) is 0 Å². The lowest BCUT2D eigenvalue weighted by atomic mass is 9.86. The number of rotatable bonds is 4. The number of ether oxygens (including phenoxy) is 1. The van der Waals surface area contributed by atoms with Crippen LogP contribution in [0.5, 0.6) is 0 Å². The van der Waals surface area contributed by atoms with Crippen molar-refractivity contribution < 1.29 is 22.7 Å². The average Bonchev–Trinajstić information content (AvgIpc) is 2.27. The third-order valence-corrected chi connectivity index (χ3v) is 3.33. The van der Waals surface area contributed by atoms with Gasteiger partial charge in [-0.05, 0) is 58.9 Å². The second-order valence-electron chi connectivity index (χ2n) is 6.61. The summed E-state index contributed by atoms with van der Waals surface area (Å²) in [6.07, 6.45) is -1.41. The van der Waals surface area contributed by atoms with E-state index in [2.05, 4.69) is 10.6 Å². The third-order valence-electron chi connectivity index (χ3n) is 3.33. The number of nitrogens with one attached hydrogen (secondary N) is 2. The van der Waals surface area contributed by atoms with Gasteiger partial charge in [0.2, 0.25) is 0 Å². The second-order valence-corrected chi connectivity index (χ2v) is 6.61. The van der Waals surface area contributed by atoms with Gasteiger partial charge in [0.25, 0.3) is 0 Å². The zero-order valence-corrected chi connectivity index (χ0v) is 12.8. The molecular weight excluding hydrogens is 285 g/mol. The molecule has 0 spiro atoms. The quantitative estimate of drug-likeness (QED) is 0.838. The standard InChI is InChI=1S/C14H25F3N2O2/c1-13(2,3)21-12(20)19-11-6-4-10(5-7-11)8-18-9-14(15,16)17/h10-11,18H,4-9H2,1-3H3,(H,19,20)/t10-,11-. The molecule has 0 radical (unpaired) electrons. The molecule has 21 heavy (non-hydrogen) atoms. The summed E-state index contributed by atoms with van der Waals surface area (Å²) in [7, 11) is 0. The van der Waals surface area contributed by atoms with Gasteiger partial charge in [-0.15, -0.1) is 0 Å². The van der Waals surface area contributed by atoms with Crippen LogP contribution in [0.25, 0.3) is 0 Å². The van der Waals surface area contributed by atoms with Crippen LogP contribution in [0.3, 0.4) is 0 Å². The molecule has 1 saturated carbocycles. The number of carbonyl (C=O) groups excluding carboxylic acids is 1. The maximum atomic E-state index is 12.0. The van der Waals surface area contributed by atoms with Crippen LogP contribution < -0.4 is 10.6 Å². The largest absolute Gasteiger partial charge is 0.444 e. The van der Waals surface area contributed by atoms with Crippen LogP contribution in [-0.4, -0.2) is 37.0 Å². The molecule has 0 heterocycles. The number of hydrogen-bond acceptors (Lipinski definition) is 3. The van der Waals surface area contributed by atoms with Crippen molar-refractivity contribution in [3.63, 3.8) is 0 Å². The molecule has 1 aliphatic rings. The van der Waals surface area contributed by atoms with Crippen molar-refractivity contribution in [2.24, 2.45) is 5.92 Å². The fraction of sp³-hybridized carbons (Fsp3) is 0.929. The van der Waals surface area contributed by atoms with Gasteiger partial charge in [-0.25, -0.2) is 4.79 Å². The van der Waals surface area contributed by atoms with Gasteiger partial charge in [-0.2, -0.15) is 13.2 Å². The van der Waals surface area contributed by atoms with Crippen molar-refractivity contribution in [3.8, 4) is 0 Å². The van der Waals surface area contributed by atoms with E-state index in [4.69, 9.17) is 4.74 Å². The molecule has 124 valence electrons. The van der Waals surface area contributed by atoms with E-state index in [0.29, 0.717) is 6.54 Å². The first-order valence-corrected chi connectivity index (χ1v) is 7.32. The van der Waals surface area contributed by atoms with Crippen molar-refractivity contribution >= 4 is 6.09 Å². The lowest BCUT2D eigenvalue weighted by Crippen LogP contribution is -2.42. The van der Waals surface area contributed by atoms with Crippen LogP contribution in [0.1, 0.15) is 46.5 Å². The summed E-state index contributed by atoms with van der Waals surface area (Å²) in [5.74, 6) is 0.240. The Hall–Kier alpha value is -0.980. The van der Waals surface area contributed by atoms with Gasteiger partial charge in [0.1, 0.15) is 5.60 Å². The minimum Gasteiger partial charge on any atom is -0.444 e. The molecule has 0 atom stereocenters. The van der Waals surface area contributed by atoms with E-state index in [1.165, 1.54) is 0 Å². The van der Waals surface area contributed by atoms with Crippen LogP contribution >= 0.6 is 0 Å². The van der Waals surface area contributed by atoms with Gasteiger partial charge in [0.15, 0.2) is 0 Å². The molecule has 0 unspecified atom stereocenters. The topological polar surface area (TPSA) is 50.4 Å². The molecule has 0 aromatic carbocycles. The summed E-state index contributed by atoms with van der Waals surface area (Å²) >= 11 is 0. The molecule has 1 fully saturated rings. The van der Waals surface area contributed by atoms with E-state index in [1.807, 2.05) is 0 Å². The fourth-order valence-corrected chi connectivity index (χ4v) is 2.40. The van der Waals surface area contributed by atoms with Crippen LogP contribution in [0.2, 0.25) is 0 Å². The number of amides is 1. The van der Waals surface area contributed by atoms with E-state index in [0.717, 1.165) is 25.7 Å². The minimum absolute atomic E-state index is 0.0544. The van der Waals surface area contributed by atoms with E-state index >= 15 is 0 Å². The summed E-state index contributed by atoms with van der Waals surface area (Å²) in [4.78, 5) is 11.6. The number of halogens is 3. The lowest BCUT2D eigenvalue weighted by molar-refractivity contribution is -0.125. The molecule has 0 aromatic rings. The second kappa shape index (κ2) is 7.33. The Balaban J connectivity index is 2.19. The summed E-state index contributed by atoms with van der Waals surface area (Å²) in [5, 5.41) is 5.26. The number of alkyl halides is 3. The number of carbonyl (C=O) groups is 1. The maximum absolute atomic E-state index is 12.0. The van der Waals surface area contributed by atoms with Crippen LogP contribution in [0, 0.1) is 5.92 Å². The Morgan fingerprint density at radius 1 is 1.14 bits per heavy atom. The Kier molecular flexibility index (Phi) is 6.31. The van der Waals surface area contributed by atoms with Crippen molar-refractivity contribution in [1.82, 2.24) is 10.6 Å². The average molecular weight is 310 g/mol. The van der Waals surface area contributed by atoms with Crippen molar-refractivity contribution in [2.75, 3.05) is 13.1 Å². The van der Waals surface area contributed by atoms with Crippen LogP contribution in [0.4, 0.5) is 18.0 Å². The normalized spacial score (nSPS) is 23.7. The van der Waals surface area contributed by atoms with Gasteiger partial charge in [-0.1, -0.05) is 0 Å². The molecule has 0 aromatic heterocycles. The van der Waals surface area contributed by atoms with Gasteiger partial charge in [0, 0.05) is 6.04 Å². The van der Waals surface area contributed by atoms with E-state index < -0.39 is 24.4 Å². The summed E-state index contributed by atoms with van der Waals surface area (Å²) in [6.45, 7) is 4.84. The number of alkyl carbamates (subject to hydrolysis) is 1. The van der Waals surface area contributed by atoms with Crippen LogP contribution in [0.15, 0.2) is 0 Å². The third kappa shape index (κ3) is 8.80. The Morgan fingerprint density at radius 3 is 2.19 bits per heavy atom. The summed E-state index contributed by atoms with van der Waals surface area (Å²) < 4.78 is 41.3. The first-order valence-electron chi connectivity index (χ1n) is 7.32. The Bertz CT molecular complexity index is 332. The van der Waals surface area contributed by atoms with Crippen molar-refractivity contribution in [2.45, 2.75) is 64.3 Å². The van der Waals surface area contributed by atoms with E-state index in [9.17, 15) is 18.0 Å². The van der Waals surface area contributed by atoms with Gasteiger partial charge in [0.05, 0.1) is 6.54 Å². The molecule has 0 aliphatic heterocycles. The molecule has 1 aliphatic carbocycles. The smallest absolute Gasteiger partial charge is 0.407 e. The maximum Gasteiger partial charge on any atom is 0.407 e. The minimum atomic E-state index is -4.16. The number of hydrogen-bond donors (Lipinski definition) is 2. The van der Waals surface area contributed by atoms with E-state index in [-0.39, 0.29) is 12.0 Å².